The molecule has 2 atom stereocenters. The molecule has 8 heteroatoms. The number of fused-ring (bicyclic) bond motifs is 3. The predicted molar refractivity (Wildman–Crippen MR) is 122 cm³/mol. The number of carbonyl (C=O) groups is 3. The van der Waals surface area contributed by atoms with Crippen LogP contribution in [0.4, 0.5) is 20.6 Å². The summed E-state index contributed by atoms with van der Waals surface area (Å²) >= 11 is 0. The van der Waals surface area contributed by atoms with Crippen LogP contribution in [0.2, 0.25) is 0 Å². The molecule has 1 heterocycles. The van der Waals surface area contributed by atoms with Crippen molar-refractivity contribution in [2.75, 3.05) is 17.3 Å². The number of anilines is 2. The number of rotatable bonds is 4. The van der Waals surface area contributed by atoms with Gasteiger partial charge < -0.3 is 15.0 Å². The first-order valence-electron chi connectivity index (χ1n) is 10.3. The van der Waals surface area contributed by atoms with Gasteiger partial charge in [-0.25, -0.2) is 9.18 Å². The van der Waals surface area contributed by atoms with Gasteiger partial charge in [0.2, 0.25) is 0 Å². The van der Waals surface area contributed by atoms with Gasteiger partial charge in [-0.3, -0.25) is 14.9 Å². The average molecular weight is 447 g/mol. The Morgan fingerprint density at radius 2 is 1.70 bits per heavy atom. The fraction of sp³-hybridized carbons (Fsp3) is 0.160. The molecule has 0 saturated carbocycles. The molecule has 1 aliphatic rings. The number of nitrogens with zero attached hydrogens (tertiary/aromatic N) is 1. The zero-order chi connectivity index (χ0) is 23.5. The monoisotopic (exact) mass is 447 g/mol. The fourth-order valence-corrected chi connectivity index (χ4v) is 3.76. The Balaban J connectivity index is 1.52. The second-order valence-corrected chi connectivity index (χ2v) is 7.63. The lowest BCUT2D eigenvalue weighted by atomic mass is 9.95. The van der Waals surface area contributed by atoms with E-state index < -0.39 is 30.0 Å². The molecule has 0 spiro atoms. The first-order valence-corrected chi connectivity index (χ1v) is 10.3. The molecule has 0 aliphatic carbocycles. The van der Waals surface area contributed by atoms with Crippen molar-refractivity contribution < 1.29 is 23.5 Å². The molecule has 0 fully saturated rings. The summed E-state index contributed by atoms with van der Waals surface area (Å²) in [6.07, 6.45) is -2.12. The number of ether oxygens (including phenoxy) is 1. The third-order valence-corrected chi connectivity index (χ3v) is 5.42. The molecule has 33 heavy (non-hydrogen) atoms. The highest BCUT2D eigenvalue weighted by molar-refractivity contribution is 6.06. The summed E-state index contributed by atoms with van der Waals surface area (Å²) in [7, 11) is 1.65. The maximum Gasteiger partial charge on any atom is 0.412 e. The summed E-state index contributed by atoms with van der Waals surface area (Å²) in [5.41, 5.74) is 3.27. The lowest BCUT2D eigenvalue weighted by molar-refractivity contribution is -0.132. The van der Waals surface area contributed by atoms with E-state index in [9.17, 15) is 18.8 Å². The van der Waals surface area contributed by atoms with Gasteiger partial charge in [0.25, 0.3) is 11.8 Å². The molecule has 0 saturated heterocycles. The summed E-state index contributed by atoms with van der Waals surface area (Å²) in [4.78, 5) is 39.8. The van der Waals surface area contributed by atoms with Crippen LogP contribution in [0.3, 0.4) is 0 Å². The van der Waals surface area contributed by atoms with Crippen molar-refractivity contribution in [2.45, 2.75) is 19.1 Å². The smallest absolute Gasteiger partial charge is 0.412 e. The van der Waals surface area contributed by atoms with Gasteiger partial charge in [-0.2, -0.15) is 0 Å². The molecule has 0 aromatic heterocycles. The minimum absolute atomic E-state index is 0.194. The van der Waals surface area contributed by atoms with Gasteiger partial charge in [-0.15, -0.1) is 0 Å². The highest BCUT2D eigenvalue weighted by atomic mass is 19.1. The zero-order valence-corrected chi connectivity index (χ0v) is 18.0. The minimum atomic E-state index is -1.20. The highest BCUT2D eigenvalue weighted by Gasteiger charge is 2.34. The number of carbonyl (C=O) groups excluding carboxylic acids is 3. The van der Waals surface area contributed by atoms with Gasteiger partial charge in [0.05, 0.1) is 5.69 Å². The standard InChI is InChI=1S/C25H22FN3O4/c1-15(33-25(32)27-17-9-7-8-16(26)14-17)23(30)28-22-20-12-4-3-10-18(20)19-11-5-6-13-21(19)29(2)24(22)31/h3-15,22H,1-2H3,(H,27,32)(H,28,30)/t15-,22?/m0/s1. The Morgan fingerprint density at radius 3 is 2.45 bits per heavy atom. The zero-order valence-electron chi connectivity index (χ0n) is 18.0. The molecular formula is C25H22FN3O4. The van der Waals surface area contributed by atoms with Crippen LogP contribution in [-0.4, -0.2) is 31.1 Å². The van der Waals surface area contributed by atoms with Crippen LogP contribution >= 0.6 is 0 Å². The Hall–Kier alpha value is -4.20. The fourth-order valence-electron chi connectivity index (χ4n) is 3.76. The summed E-state index contributed by atoms with van der Waals surface area (Å²) in [5.74, 6) is -1.48. The molecule has 3 amide bonds. The van der Waals surface area contributed by atoms with E-state index in [1.54, 1.807) is 19.2 Å². The molecule has 168 valence electrons. The lowest BCUT2D eigenvalue weighted by Crippen LogP contribution is -2.45. The van der Waals surface area contributed by atoms with E-state index >= 15 is 0 Å². The van der Waals surface area contributed by atoms with E-state index in [1.165, 1.54) is 30.0 Å². The molecule has 4 rings (SSSR count). The maximum atomic E-state index is 13.3. The number of amides is 3. The number of halogens is 1. The normalized spacial score (nSPS) is 15.5. The number of hydrogen-bond acceptors (Lipinski definition) is 4. The minimum Gasteiger partial charge on any atom is -0.436 e. The molecule has 3 aromatic carbocycles. The van der Waals surface area contributed by atoms with Gasteiger partial charge in [-0.1, -0.05) is 48.5 Å². The van der Waals surface area contributed by atoms with Crippen molar-refractivity contribution in [1.82, 2.24) is 5.32 Å². The molecule has 0 radical (unpaired) electrons. The SMILES string of the molecule is C[C@H](OC(=O)Nc1cccc(F)c1)C(=O)NC1C(=O)N(C)c2ccccc2-c2ccccc21. The van der Waals surface area contributed by atoms with E-state index in [2.05, 4.69) is 10.6 Å². The molecule has 1 unspecified atom stereocenters. The summed E-state index contributed by atoms with van der Waals surface area (Å²) in [5, 5.41) is 5.08. The second kappa shape index (κ2) is 9.12. The molecule has 3 aromatic rings. The summed E-state index contributed by atoms with van der Waals surface area (Å²) in [6.45, 7) is 1.39. The molecule has 2 N–H and O–H groups in total. The van der Waals surface area contributed by atoms with E-state index in [0.29, 0.717) is 5.56 Å². The largest absolute Gasteiger partial charge is 0.436 e. The van der Waals surface area contributed by atoms with Crippen molar-refractivity contribution in [1.29, 1.82) is 0 Å². The van der Waals surface area contributed by atoms with Crippen LogP contribution in [0.25, 0.3) is 11.1 Å². The first kappa shape index (κ1) is 22.0. The van der Waals surface area contributed by atoms with Crippen LogP contribution in [0.5, 0.6) is 0 Å². The van der Waals surface area contributed by atoms with Gasteiger partial charge in [0, 0.05) is 18.3 Å². The third kappa shape index (κ3) is 4.55. The number of likely N-dealkylation sites (N-methyl/N-ethyl adjacent to an activating group) is 1. The van der Waals surface area contributed by atoms with Gasteiger partial charge in [0.15, 0.2) is 6.10 Å². The first-order chi connectivity index (χ1) is 15.8. The van der Waals surface area contributed by atoms with Crippen molar-refractivity contribution in [3.05, 3.63) is 84.2 Å². The van der Waals surface area contributed by atoms with E-state index in [4.69, 9.17) is 4.74 Å². The van der Waals surface area contributed by atoms with Gasteiger partial charge in [-0.05, 0) is 42.3 Å². The molecule has 0 bridgehead atoms. The predicted octanol–water partition coefficient (Wildman–Crippen LogP) is 4.26. The number of hydrogen-bond donors (Lipinski definition) is 2. The van der Waals surface area contributed by atoms with Crippen LogP contribution in [0.15, 0.2) is 72.8 Å². The second-order valence-electron chi connectivity index (χ2n) is 7.63. The van der Waals surface area contributed by atoms with E-state index in [-0.39, 0.29) is 11.6 Å². The number of para-hydroxylation sites is 1. The van der Waals surface area contributed by atoms with Crippen molar-refractivity contribution in [2.24, 2.45) is 0 Å². The third-order valence-electron chi connectivity index (χ3n) is 5.42. The van der Waals surface area contributed by atoms with Crippen molar-refractivity contribution in [3.63, 3.8) is 0 Å². The van der Waals surface area contributed by atoms with Crippen molar-refractivity contribution >= 4 is 29.3 Å². The van der Waals surface area contributed by atoms with E-state index in [1.807, 2.05) is 36.4 Å². The quantitative estimate of drug-likeness (QED) is 0.626. The Bertz CT molecular complexity index is 1230. The molecular weight excluding hydrogens is 425 g/mol. The molecule has 1 aliphatic heterocycles. The molecule has 7 nitrogen and oxygen atoms in total. The average Bonchev–Trinajstić information content (AvgIpc) is 2.89. The Morgan fingerprint density at radius 1 is 1.00 bits per heavy atom. The van der Waals surface area contributed by atoms with Crippen LogP contribution in [0.1, 0.15) is 18.5 Å². The van der Waals surface area contributed by atoms with Crippen LogP contribution in [0, 0.1) is 5.82 Å². The number of benzene rings is 3. The van der Waals surface area contributed by atoms with Gasteiger partial charge >= 0.3 is 6.09 Å². The summed E-state index contributed by atoms with van der Waals surface area (Å²) in [6, 6.07) is 19.2. The van der Waals surface area contributed by atoms with Crippen molar-refractivity contribution in [3.8, 4) is 11.1 Å². The summed E-state index contributed by atoms with van der Waals surface area (Å²) < 4.78 is 18.4. The van der Waals surface area contributed by atoms with Crippen LogP contribution in [-0.2, 0) is 14.3 Å². The topological polar surface area (TPSA) is 87.7 Å². The maximum absolute atomic E-state index is 13.3. The Kier molecular flexibility index (Phi) is 6.08. The van der Waals surface area contributed by atoms with Crippen LogP contribution < -0.4 is 15.5 Å². The van der Waals surface area contributed by atoms with E-state index in [0.717, 1.165) is 22.9 Å². The lowest BCUT2D eigenvalue weighted by Gasteiger charge is -2.24. The number of nitrogens with one attached hydrogen (secondary N) is 2. The highest BCUT2D eigenvalue weighted by Crippen LogP contribution is 2.39. The van der Waals surface area contributed by atoms with Gasteiger partial charge in [0.1, 0.15) is 11.9 Å². The Labute approximate surface area is 190 Å².